The van der Waals surface area contributed by atoms with Gasteiger partial charge in [0, 0.05) is 23.8 Å². The average molecular weight is 288 g/mol. The van der Waals surface area contributed by atoms with Crippen molar-refractivity contribution >= 4 is 23.9 Å². The Morgan fingerprint density at radius 1 is 0.850 bits per heavy atom. The summed E-state index contributed by atoms with van der Waals surface area (Å²) in [6, 6.07) is 0. The lowest BCUT2D eigenvalue weighted by Gasteiger charge is -1.97. The van der Waals surface area contributed by atoms with Gasteiger partial charge >= 0.3 is 23.9 Å². The summed E-state index contributed by atoms with van der Waals surface area (Å²) >= 11 is 0. The van der Waals surface area contributed by atoms with Crippen molar-refractivity contribution in [1.82, 2.24) is 0 Å². The largest absolute Gasteiger partial charge is 0.478 e. The van der Waals surface area contributed by atoms with Crippen LogP contribution in [0.4, 0.5) is 0 Å². The van der Waals surface area contributed by atoms with Crippen LogP contribution in [0, 0.1) is 0 Å². The standard InChI is InChI=1S/C8H12O4.C4H4O4/c1-2-3-4-6(8(11)12)5-7(9)10;5-3(6)1-2-4(7)8/h5H,2-4H2,1H3,(H,9,10)(H,11,12);1-2H,(H,5,6)(H,7,8)/b6-5-;2-1-. The van der Waals surface area contributed by atoms with Crippen molar-refractivity contribution in [2.45, 2.75) is 26.2 Å². The summed E-state index contributed by atoms with van der Waals surface area (Å²) in [5.74, 6) is -4.87. The first-order chi connectivity index (χ1) is 9.20. The molecule has 0 aliphatic carbocycles. The van der Waals surface area contributed by atoms with Gasteiger partial charge in [0.25, 0.3) is 0 Å². The van der Waals surface area contributed by atoms with Gasteiger partial charge in [0.15, 0.2) is 0 Å². The van der Waals surface area contributed by atoms with Crippen molar-refractivity contribution in [1.29, 1.82) is 0 Å². The van der Waals surface area contributed by atoms with E-state index < -0.39 is 23.9 Å². The van der Waals surface area contributed by atoms with Gasteiger partial charge in [-0.1, -0.05) is 13.3 Å². The molecule has 0 aromatic rings. The van der Waals surface area contributed by atoms with E-state index in [-0.39, 0.29) is 5.57 Å². The molecule has 0 amide bonds. The number of carboxylic acids is 4. The number of rotatable bonds is 7. The highest BCUT2D eigenvalue weighted by molar-refractivity contribution is 5.94. The molecule has 0 aromatic carbocycles. The summed E-state index contributed by atoms with van der Waals surface area (Å²) in [5.41, 5.74) is -0.0376. The van der Waals surface area contributed by atoms with E-state index in [1.807, 2.05) is 6.92 Å². The van der Waals surface area contributed by atoms with Crippen LogP contribution in [0.3, 0.4) is 0 Å². The molecule has 0 radical (unpaired) electrons. The van der Waals surface area contributed by atoms with E-state index in [2.05, 4.69) is 0 Å². The van der Waals surface area contributed by atoms with Crippen LogP contribution < -0.4 is 0 Å². The summed E-state index contributed by atoms with van der Waals surface area (Å²) in [7, 11) is 0. The van der Waals surface area contributed by atoms with Gasteiger partial charge in [0.1, 0.15) is 0 Å². The summed E-state index contributed by atoms with van der Waals surface area (Å²) in [6.07, 6.45) is 3.73. The van der Waals surface area contributed by atoms with Crippen molar-refractivity contribution < 1.29 is 39.6 Å². The lowest BCUT2D eigenvalue weighted by Crippen LogP contribution is -2.03. The maximum atomic E-state index is 10.4. The van der Waals surface area contributed by atoms with Gasteiger partial charge in [-0.15, -0.1) is 0 Å². The zero-order chi connectivity index (χ0) is 16.1. The third-order valence-corrected chi connectivity index (χ3v) is 1.74. The van der Waals surface area contributed by atoms with Gasteiger partial charge in [-0.05, 0) is 12.8 Å². The van der Waals surface area contributed by atoms with Crippen molar-refractivity contribution in [2.75, 3.05) is 0 Å². The maximum absolute atomic E-state index is 10.4. The summed E-state index contributed by atoms with van der Waals surface area (Å²) in [6.45, 7) is 1.92. The van der Waals surface area contributed by atoms with Gasteiger partial charge in [0.2, 0.25) is 0 Å². The summed E-state index contributed by atoms with van der Waals surface area (Å²) in [5, 5.41) is 32.4. The molecule has 8 nitrogen and oxygen atoms in total. The monoisotopic (exact) mass is 288 g/mol. The smallest absolute Gasteiger partial charge is 0.331 e. The quantitative estimate of drug-likeness (QED) is 0.506. The molecule has 0 aliphatic heterocycles. The minimum absolute atomic E-state index is 0.0376. The van der Waals surface area contributed by atoms with Gasteiger partial charge in [-0.25, -0.2) is 19.2 Å². The molecule has 4 N–H and O–H groups in total. The summed E-state index contributed by atoms with van der Waals surface area (Å²) < 4.78 is 0. The maximum Gasteiger partial charge on any atom is 0.331 e. The van der Waals surface area contributed by atoms with Crippen LogP contribution in [0.5, 0.6) is 0 Å². The lowest BCUT2D eigenvalue weighted by molar-refractivity contribution is -0.135. The molecule has 0 spiro atoms. The second-order valence-electron chi connectivity index (χ2n) is 3.43. The van der Waals surface area contributed by atoms with E-state index >= 15 is 0 Å². The number of hydrogen-bond acceptors (Lipinski definition) is 4. The van der Waals surface area contributed by atoms with Crippen LogP contribution in [0.2, 0.25) is 0 Å². The summed E-state index contributed by atoms with van der Waals surface area (Å²) in [4.78, 5) is 39.7. The van der Waals surface area contributed by atoms with Crippen LogP contribution in [-0.4, -0.2) is 44.3 Å². The number of unbranched alkanes of at least 4 members (excludes halogenated alkanes) is 1. The second-order valence-corrected chi connectivity index (χ2v) is 3.43. The fourth-order valence-corrected chi connectivity index (χ4v) is 0.900. The molecule has 0 aromatic heterocycles. The Hall–Kier alpha value is -2.64. The molecule has 0 fully saturated rings. The fraction of sp³-hybridized carbons (Fsp3) is 0.333. The number of aliphatic carboxylic acids is 4. The Kier molecular flexibility index (Phi) is 11.3. The number of hydrogen-bond donors (Lipinski definition) is 4. The first-order valence-corrected chi connectivity index (χ1v) is 5.51. The first-order valence-electron chi connectivity index (χ1n) is 5.51. The molecule has 0 heterocycles. The van der Waals surface area contributed by atoms with E-state index in [0.29, 0.717) is 25.0 Å². The van der Waals surface area contributed by atoms with E-state index in [1.54, 1.807) is 0 Å². The van der Waals surface area contributed by atoms with Crippen molar-refractivity contribution in [2.24, 2.45) is 0 Å². The molecule has 0 unspecified atom stereocenters. The fourth-order valence-electron chi connectivity index (χ4n) is 0.900. The van der Waals surface area contributed by atoms with Gasteiger partial charge in [-0.3, -0.25) is 0 Å². The normalized spacial score (nSPS) is 10.6. The SMILES string of the molecule is CCCC/C(=C/C(=O)O)C(=O)O.O=C(O)/C=C\C(=O)O. The number of carboxylic acid groups (broad SMARTS) is 4. The van der Waals surface area contributed by atoms with Gasteiger partial charge in [0.05, 0.1) is 0 Å². The molecular formula is C12H16O8. The third-order valence-electron chi connectivity index (χ3n) is 1.74. The highest BCUT2D eigenvalue weighted by atomic mass is 16.4. The highest BCUT2D eigenvalue weighted by Gasteiger charge is 2.07. The van der Waals surface area contributed by atoms with Crippen LogP contribution in [0.1, 0.15) is 26.2 Å². The van der Waals surface area contributed by atoms with E-state index in [0.717, 1.165) is 12.5 Å². The Labute approximate surface area is 114 Å². The molecule has 0 atom stereocenters. The van der Waals surface area contributed by atoms with Crippen LogP contribution in [-0.2, 0) is 19.2 Å². The molecular weight excluding hydrogens is 272 g/mol. The lowest BCUT2D eigenvalue weighted by atomic mass is 10.1. The molecule has 0 bridgehead atoms. The van der Waals surface area contributed by atoms with Crippen LogP contribution in [0.15, 0.2) is 23.8 Å². The molecule has 20 heavy (non-hydrogen) atoms. The predicted octanol–water partition coefficient (Wildman–Crippen LogP) is 0.984. The van der Waals surface area contributed by atoms with Crippen LogP contribution in [0.25, 0.3) is 0 Å². The molecule has 0 rings (SSSR count). The van der Waals surface area contributed by atoms with E-state index in [1.165, 1.54) is 0 Å². The minimum Gasteiger partial charge on any atom is -0.478 e. The topological polar surface area (TPSA) is 149 Å². The van der Waals surface area contributed by atoms with Crippen molar-refractivity contribution in [3.63, 3.8) is 0 Å². The minimum atomic E-state index is -1.26. The van der Waals surface area contributed by atoms with Crippen molar-refractivity contribution in [3.8, 4) is 0 Å². The molecule has 0 saturated heterocycles. The predicted molar refractivity (Wildman–Crippen MR) is 67.3 cm³/mol. The Morgan fingerprint density at radius 3 is 1.55 bits per heavy atom. The van der Waals surface area contributed by atoms with Gasteiger partial charge < -0.3 is 20.4 Å². The van der Waals surface area contributed by atoms with Crippen LogP contribution >= 0.6 is 0 Å². The third kappa shape index (κ3) is 15.4. The Balaban J connectivity index is 0. The molecule has 112 valence electrons. The zero-order valence-electron chi connectivity index (χ0n) is 10.8. The molecule has 8 heteroatoms. The van der Waals surface area contributed by atoms with Crippen molar-refractivity contribution in [3.05, 3.63) is 23.8 Å². The zero-order valence-corrected chi connectivity index (χ0v) is 10.8. The van der Waals surface area contributed by atoms with E-state index in [4.69, 9.17) is 20.4 Å². The van der Waals surface area contributed by atoms with E-state index in [9.17, 15) is 19.2 Å². The highest BCUT2D eigenvalue weighted by Crippen LogP contribution is 2.06. The number of carbonyl (C=O) groups is 4. The first kappa shape index (κ1) is 19.7. The van der Waals surface area contributed by atoms with Gasteiger partial charge in [-0.2, -0.15) is 0 Å². The Morgan fingerprint density at radius 2 is 1.30 bits per heavy atom. The molecule has 0 saturated carbocycles. The second kappa shape index (κ2) is 11.5. The molecule has 0 aliphatic rings. The average Bonchev–Trinajstić information content (AvgIpc) is 2.32. The Bertz CT molecular complexity index is 403.